The molecule has 0 bridgehead atoms. The molecule has 2 aromatic rings. The molecule has 1 fully saturated rings. The highest BCUT2D eigenvalue weighted by molar-refractivity contribution is 7.89. The molecule has 0 amide bonds. The Labute approximate surface area is 183 Å². The molecule has 0 N–H and O–H groups in total. The number of nitrogens with zero attached hydrogens (tertiary/aromatic N) is 3. The molecule has 2 heterocycles. The van der Waals surface area contributed by atoms with E-state index in [1.807, 2.05) is 0 Å². The number of benzene rings is 2. The molecule has 1 saturated heterocycles. The summed E-state index contributed by atoms with van der Waals surface area (Å²) in [6.45, 7) is 3.53. The van der Waals surface area contributed by atoms with Crippen molar-refractivity contribution in [1.29, 1.82) is 0 Å². The molecular weight excluding hydrogens is 446 g/mol. The zero-order valence-electron chi connectivity index (χ0n) is 17.4. The fourth-order valence-electron chi connectivity index (χ4n) is 4.09. The van der Waals surface area contributed by atoms with Crippen molar-refractivity contribution < 1.29 is 26.0 Å². The summed E-state index contributed by atoms with van der Waals surface area (Å²) in [6.07, 6.45) is -3.91. The molecule has 0 unspecified atom stereocenters. The van der Waals surface area contributed by atoms with Crippen molar-refractivity contribution in [2.24, 2.45) is 9.98 Å². The van der Waals surface area contributed by atoms with Gasteiger partial charge in [0.1, 0.15) is 5.82 Å². The Bertz CT molecular complexity index is 1230. The van der Waals surface area contributed by atoms with Gasteiger partial charge in [-0.25, -0.2) is 12.8 Å². The molecular formula is C22H21F4N3O2S. The van der Waals surface area contributed by atoms with Gasteiger partial charge in [0.05, 0.1) is 21.9 Å². The van der Waals surface area contributed by atoms with Crippen LogP contribution in [0.15, 0.2) is 57.3 Å². The van der Waals surface area contributed by atoms with Gasteiger partial charge in [-0.05, 0) is 43.7 Å². The van der Waals surface area contributed by atoms with Crippen LogP contribution in [-0.2, 0) is 16.2 Å². The van der Waals surface area contributed by atoms with E-state index in [2.05, 4.69) is 9.98 Å². The lowest BCUT2D eigenvalue weighted by Gasteiger charge is -2.35. The summed E-state index contributed by atoms with van der Waals surface area (Å²) in [4.78, 5) is 9.16. The first-order chi connectivity index (χ1) is 14.9. The second-order valence-corrected chi connectivity index (χ2v) is 9.94. The summed E-state index contributed by atoms with van der Waals surface area (Å²) in [7, 11) is -3.89. The Morgan fingerprint density at radius 3 is 2.34 bits per heavy atom. The number of aliphatic imine (C=N–C) groups is 2. The largest absolute Gasteiger partial charge is 0.416 e. The minimum atomic E-state index is -4.47. The lowest BCUT2D eigenvalue weighted by Crippen LogP contribution is -2.44. The minimum absolute atomic E-state index is 0.0762. The van der Waals surface area contributed by atoms with E-state index in [0.717, 1.165) is 18.2 Å². The minimum Gasteiger partial charge on any atom is -0.258 e. The van der Waals surface area contributed by atoms with Gasteiger partial charge < -0.3 is 0 Å². The van der Waals surface area contributed by atoms with Crippen LogP contribution in [-0.4, -0.2) is 42.9 Å². The molecule has 2 aromatic carbocycles. The summed E-state index contributed by atoms with van der Waals surface area (Å²) in [5, 5.41) is 0. The maximum absolute atomic E-state index is 13.6. The summed E-state index contributed by atoms with van der Waals surface area (Å²) < 4.78 is 80.3. The molecule has 0 aromatic heterocycles. The molecule has 2 aliphatic heterocycles. The van der Waals surface area contributed by atoms with Crippen LogP contribution in [0.5, 0.6) is 0 Å². The van der Waals surface area contributed by atoms with Gasteiger partial charge in [-0.3, -0.25) is 9.98 Å². The van der Waals surface area contributed by atoms with Gasteiger partial charge in [0.2, 0.25) is 10.0 Å². The van der Waals surface area contributed by atoms with Crippen LogP contribution < -0.4 is 0 Å². The van der Waals surface area contributed by atoms with E-state index in [4.69, 9.17) is 0 Å². The van der Waals surface area contributed by atoms with E-state index in [1.165, 1.54) is 22.5 Å². The Hall–Kier alpha value is -2.59. The fraction of sp³-hybridized carbons (Fsp3) is 0.364. The molecule has 5 nitrogen and oxygen atoms in total. The van der Waals surface area contributed by atoms with Crippen molar-refractivity contribution in [2.45, 2.75) is 43.4 Å². The van der Waals surface area contributed by atoms with Crippen LogP contribution in [0.3, 0.4) is 0 Å². The molecule has 10 heteroatoms. The number of alkyl halides is 3. The van der Waals surface area contributed by atoms with E-state index >= 15 is 0 Å². The summed E-state index contributed by atoms with van der Waals surface area (Å²) in [6, 6.07) is 8.57. The van der Waals surface area contributed by atoms with Gasteiger partial charge in [-0.15, -0.1) is 0 Å². The highest BCUT2D eigenvalue weighted by Crippen LogP contribution is 2.36. The van der Waals surface area contributed by atoms with Gasteiger partial charge in [0, 0.05) is 31.5 Å². The van der Waals surface area contributed by atoms with Crippen molar-refractivity contribution in [2.75, 3.05) is 13.1 Å². The van der Waals surface area contributed by atoms with E-state index in [1.54, 1.807) is 19.9 Å². The van der Waals surface area contributed by atoms with Crippen molar-refractivity contribution >= 4 is 21.4 Å². The third kappa shape index (κ3) is 4.09. The molecule has 0 radical (unpaired) electrons. The average molecular weight is 467 g/mol. The number of sulfonamides is 1. The predicted molar refractivity (Wildman–Crippen MR) is 113 cm³/mol. The standard InChI is InChI=1S/C22H21F4N3O2S/c1-14-6-7-18(23)13-19(14)32(30,31)29-10-8-21(9-11-29)27-15(2)20(28-21)16-4-3-5-17(12-16)22(24,25)26/h3-7,12-13H,8-11H2,1-2H3. The van der Waals surface area contributed by atoms with E-state index in [0.29, 0.717) is 22.6 Å². The van der Waals surface area contributed by atoms with Crippen molar-refractivity contribution in [3.63, 3.8) is 0 Å². The lowest BCUT2D eigenvalue weighted by molar-refractivity contribution is -0.137. The van der Waals surface area contributed by atoms with Gasteiger partial charge >= 0.3 is 6.18 Å². The number of hydrogen-bond acceptors (Lipinski definition) is 4. The first-order valence-electron chi connectivity index (χ1n) is 10.0. The molecule has 0 atom stereocenters. The number of halogens is 4. The zero-order chi connectivity index (χ0) is 23.3. The summed E-state index contributed by atoms with van der Waals surface area (Å²) in [5.74, 6) is -0.631. The fourth-order valence-corrected chi connectivity index (χ4v) is 5.77. The maximum atomic E-state index is 13.6. The van der Waals surface area contributed by atoms with Gasteiger partial charge in [-0.1, -0.05) is 18.2 Å². The highest BCUT2D eigenvalue weighted by Gasteiger charge is 2.42. The molecule has 0 aliphatic carbocycles. The lowest BCUT2D eigenvalue weighted by atomic mass is 10.00. The summed E-state index contributed by atoms with van der Waals surface area (Å²) >= 11 is 0. The first kappa shape index (κ1) is 22.6. The van der Waals surface area contributed by atoms with Gasteiger partial charge in [0.15, 0.2) is 5.66 Å². The smallest absolute Gasteiger partial charge is 0.258 e. The Balaban J connectivity index is 1.58. The van der Waals surface area contributed by atoms with Crippen LogP contribution in [0.25, 0.3) is 0 Å². The van der Waals surface area contributed by atoms with Crippen LogP contribution in [0.4, 0.5) is 17.6 Å². The molecule has 2 aliphatic rings. The van der Waals surface area contributed by atoms with Crippen LogP contribution in [0.1, 0.15) is 36.5 Å². The van der Waals surface area contributed by atoms with Crippen molar-refractivity contribution in [3.05, 3.63) is 65.0 Å². The number of aryl methyl sites for hydroxylation is 1. The maximum Gasteiger partial charge on any atom is 0.416 e. The quantitative estimate of drug-likeness (QED) is 0.620. The third-order valence-electron chi connectivity index (χ3n) is 5.79. The Kier molecular flexibility index (Phi) is 5.49. The number of piperidine rings is 1. The molecule has 0 saturated carbocycles. The normalized spacial score (nSPS) is 19.2. The molecule has 170 valence electrons. The van der Waals surface area contributed by atoms with Gasteiger partial charge in [0.25, 0.3) is 0 Å². The van der Waals surface area contributed by atoms with Crippen LogP contribution in [0, 0.1) is 12.7 Å². The molecule has 32 heavy (non-hydrogen) atoms. The van der Waals surface area contributed by atoms with E-state index in [-0.39, 0.29) is 30.8 Å². The highest BCUT2D eigenvalue weighted by atomic mass is 32.2. The monoisotopic (exact) mass is 467 g/mol. The van der Waals surface area contributed by atoms with Crippen LogP contribution in [0.2, 0.25) is 0 Å². The molecule has 1 spiro atoms. The molecule has 4 rings (SSSR count). The first-order valence-corrected chi connectivity index (χ1v) is 11.5. The van der Waals surface area contributed by atoms with Crippen molar-refractivity contribution in [1.82, 2.24) is 4.31 Å². The topological polar surface area (TPSA) is 62.1 Å². The zero-order valence-corrected chi connectivity index (χ0v) is 18.3. The SMILES string of the molecule is CC1=NC2(CCN(S(=O)(=O)c3cc(F)ccc3C)CC2)N=C1c1cccc(C(F)(F)F)c1. The second-order valence-electron chi connectivity index (χ2n) is 8.03. The Morgan fingerprint density at radius 2 is 1.69 bits per heavy atom. The Morgan fingerprint density at radius 1 is 1.00 bits per heavy atom. The number of rotatable bonds is 3. The third-order valence-corrected chi connectivity index (χ3v) is 7.83. The predicted octanol–water partition coefficient (Wildman–Crippen LogP) is 4.60. The summed E-state index contributed by atoms with van der Waals surface area (Å²) in [5.41, 5.74) is -0.00103. The number of hydrogen-bond donors (Lipinski definition) is 0. The van der Waals surface area contributed by atoms with Gasteiger partial charge in [-0.2, -0.15) is 17.5 Å². The van der Waals surface area contributed by atoms with E-state index in [9.17, 15) is 26.0 Å². The van der Waals surface area contributed by atoms with Crippen molar-refractivity contribution in [3.8, 4) is 0 Å². The van der Waals surface area contributed by atoms with E-state index < -0.39 is 33.2 Å². The second kappa shape index (κ2) is 7.77. The van der Waals surface area contributed by atoms with Crippen LogP contribution >= 0.6 is 0 Å². The average Bonchev–Trinajstić information content (AvgIpc) is 3.05.